The Labute approximate surface area is 125 Å². The fourth-order valence-electron chi connectivity index (χ4n) is 2.33. The molecule has 0 atom stereocenters. The number of aliphatic carboxylic acids is 1. The third-order valence-corrected chi connectivity index (χ3v) is 3.94. The van der Waals surface area contributed by atoms with E-state index in [2.05, 4.69) is 27.6 Å². The minimum Gasteiger partial charge on any atom is -0.478 e. The molecule has 0 fully saturated rings. The van der Waals surface area contributed by atoms with Crippen molar-refractivity contribution in [3.05, 3.63) is 12.2 Å². The molecule has 0 aliphatic rings. The van der Waals surface area contributed by atoms with Gasteiger partial charge in [0.15, 0.2) is 0 Å². The van der Waals surface area contributed by atoms with Crippen LogP contribution in [-0.2, 0) is 4.79 Å². The van der Waals surface area contributed by atoms with E-state index in [0.29, 0.717) is 12.0 Å². The van der Waals surface area contributed by atoms with Gasteiger partial charge in [-0.25, -0.2) is 4.79 Å². The zero-order valence-electron chi connectivity index (χ0n) is 13.8. The molecular weight excluding hydrogens is 250 g/mol. The van der Waals surface area contributed by atoms with Crippen molar-refractivity contribution < 1.29 is 14.4 Å². The summed E-state index contributed by atoms with van der Waals surface area (Å²) >= 11 is 0. The van der Waals surface area contributed by atoms with E-state index in [1.54, 1.807) is 0 Å². The molecule has 0 heterocycles. The zero-order valence-corrected chi connectivity index (χ0v) is 13.8. The Hall–Kier alpha value is -0.830. The summed E-state index contributed by atoms with van der Waals surface area (Å²) in [6, 6.07) is 0. The van der Waals surface area contributed by atoms with Crippen molar-refractivity contribution in [3.8, 4) is 0 Å². The first-order valence-corrected chi connectivity index (χ1v) is 8.12. The second-order valence-corrected chi connectivity index (χ2v) is 6.52. The normalized spacial score (nSPS) is 11.6. The molecule has 3 nitrogen and oxygen atoms in total. The van der Waals surface area contributed by atoms with Crippen molar-refractivity contribution in [1.82, 2.24) is 0 Å². The van der Waals surface area contributed by atoms with Crippen LogP contribution in [0.25, 0.3) is 0 Å². The third-order valence-electron chi connectivity index (χ3n) is 3.94. The highest BCUT2D eigenvalue weighted by Gasteiger charge is 2.16. The largest absolute Gasteiger partial charge is 0.478 e. The van der Waals surface area contributed by atoms with Gasteiger partial charge in [-0.1, -0.05) is 52.0 Å². The van der Waals surface area contributed by atoms with E-state index >= 15 is 0 Å². The van der Waals surface area contributed by atoms with Crippen LogP contribution in [0.5, 0.6) is 0 Å². The summed E-state index contributed by atoms with van der Waals surface area (Å²) < 4.78 is 0.891. The van der Waals surface area contributed by atoms with Crippen LogP contribution < -0.4 is 0 Å². The smallest absolute Gasteiger partial charge is 0.331 e. The molecule has 0 bridgehead atoms. The highest BCUT2D eigenvalue weighted by atomic mass is 16.4. The Morgan fingerprint density at radius 2 is 1.45 bits per heavy atom. The molecule has 0 amide bonds. The molecule has 118 valence electrons. The summed E-state index contributed by atoms with van der Waals surface area (Å²) in [6.45, 7) is 7.83. The molecule has 0 radical (unpaired) electrons. The lowest BCUT2D eigenvalue weighted by Crippen LogP contribution is -2.41. The fourth-order valence-corrected chi connectivity index (χ4v) is 2.33. The molecule has 0 spiro atoms. The molecular formula is C17H34NO2+. The summed E-state index contributed by atoms with van der Waals surface area (Å²) in [5.74, 6) is -0.864. The van der Waals surface area contributed by atoms with E-state index in [0.717, 1.165) is 17.6 Å². The number of nitrogens with zero attached hydrogens (tertiary/aromatic N) is 1. The molecule has 0 aliphatic carbocycles. The second kappa shape index (κ2) is 10.9. The summed E-state index contributed by atoms with van der Waals surface area (Å²) in [5.41, 5.74) is 0.326. The fraction of sp³-hybridized carbons (Fsp3) is 0.824. The van der Waals surface area contributed by atoms with Crippen LogP contribution in [0.3, 0.4) is 0 Å². The van der Waals surface area contributed by atoms with Gasteiger partial charge in [0, 0.05) is 12.0 Å². The topological polar surface area (TPSA) is 37.3 Å². The highest BCUT2D eigenvalue weighted by Crippen LogP contribution is 2.11. The first kappa shape index (κ1) is 19.2. The number of carbonyl (C=O) groups is 1. The van der Waals surface area contributed by atoms with Gasteiger partial charge in [-0.05, 0) is 12.8 Å². The number of hydrogen-bond donors (Lipinski definition) is 1. The second-order valence-electron chi connectivity index (χ2n) is 6.52. The minimum atomic E-state index is -0.864. The van der Waals surface area contributed by atoms with Crippen LogP contribution >= 0.6 is 0 Å². The van der Waals surface area contributed by atoms with Crippen molar-refractivity contribution in [2.24, 2.45) is 0 Å². The number of quaternary nitrogens is 1. The molecule has 0 aliphatic heterocycles. The average molecular weight is 284 g/mol. The minimum absolute atomic E-state index is 0.326. The summed E-state index contributed by atoms with van der Waals surface area (Å²) in [7, 11) is 4.35. The van der Waals surface area contributed by atoms with Crippen LogP contribution in [-0.4, -0.2) is 42.7 Å². The van der Waals surface area contributed by atoms with E-state index in [1.165, 1.54) is 51.4 Å². The maximum atomic E-state index is 10.7. The van der Waals surface area contributed by atoms with Gasteiger partial charge in [0.1, 0.15) is 0 Å². The van der Waals surface area contributed by atoms with Gasteiger partial charge in [0.05, 0.1) is 27.2 Å². The molecule has 0 rings (SSSR count). The predicted molar refractivity (Wildman–Crippen MR) is 85.8 cm³/mol. The molecule has 0 aromatic rings. The van der Waals surface area contributed by atoms with Crippen LogP contribution in [0.2, 0.25) is 0 Å². The van der Waals surface area contributed by atoms with E-state index in [4.69, 9.17) is 5.11 Å². The Morgan fingerprint density at radius 1 is 0.950 bits per heavy atom. The Morgan fingerprint density at radius 3 is 1.95 bits per heavy atom. The maximum absolute atomic E-state index is 10.7. The Balaban J connectivity index is 3.57. The predicted octanol–water partition coefficient (Wildman–Crippen LogP) is 4.23. The van der Waals surface area contributed by atoms with Crippen LogP contribution in [0.1, 0.15) is 64.7 Å². The van der Waals surface area contributed by atoms with E-state index < -0.39 is 5.97 Å². The van der Waals surface area contributed by atoms with Crippen molar-refractivity contribution in [1.29, 1.82) is 0 Å². The Bertz CT molecular complexity index is 285. The SMILES string of the molecule is C=C(CC[N+](C)(C)CCCCCCCCCC)C(=O)O. The number of carboxylic acids is 1. The quantitative estimate of drug-likeness (QED) is 0.312. The Kier molecular flexibility index (Phi) is 10.4. The van der Waals surface area contributed by atoms with E-state index in [9.17, 15) is 4.79 Å². The van der Waals surface area contributed by atoms with Crippen LogP contribution in [0.15, 0.2) is 12.2 Å². The zero-order chi connectivity index (χ0) is 15.4. The van der Waals surface area contributed by atoms with Gasteiger partial charge in [-0.3, -0.25) is 0 Å². The monoisotopic (exact) mass is 284 g/mol. The van der Waals surface area contributed by atoms with Crippen molar-refractivity contribution in [3.63, 3.8) is 0 Å². The lowest BCUT2D eigenvalue weighted by Gasteiger charge is -2.29. The number of rotatable bonds is 13. The molecule has 0 aromatic carbocycles. The molecule has 0 unspecified atom stereocenters. The molecule has 0 aromatic heterocycles. The lowest BCUT2D eigenvalue weighted by molar-refractivity contribution is -0.890. The molecule has 1 N–H and O–H groups in total. The number of unbranched alkanes of at least 4 members (excludes halogenated alkanes) is 7. The first-order valence-electron chi connectivity index (χ1n) is 8.12. The first-order chi connectivity index (χ1) is 9.39. The molecule has 0 saturated heterocycles. The van der Waals surface area contributed by atoms with Crippen molar-refractivity contribution in [2.45, 2.75) is 64.7 Å². The van der Waals surface area contributed by atoms with E-state index in [-0.39, 0.29) is 0 Å². The van der Waals surface area contributed by atoms with Crippen molar-refractivity contribution >= 4 is 5.97 Å². The van der Waals surface area contributed by atoms with Crippen LogP contribution in [0.4, 0.5) is 0 Å². The number of carboxylic acid groups (broad SMARTS) is 1. The van der Waals surface area contributed by atoms with Gasteiger partial charge in [0.2, 0.25) is 0 Å². The summed E-state index contributed by atoms with van der Waals surface area (Å²) in [6.07, 6.45) is 11.3. The lowest BCUT2D eigenvalue weighted by atomic mass is 10.1. The van der Waals surface area contributed by atoms with Gasteiger partial charge >= 0.3 is 5.97 Å². The molecule has 3 heteroatoms. The van der Waals surface area contributed by atoms with Crippen LogP contribution in [0, 0.1) is 0 Å². The van der Waals surface area contributed by atoms with Gasteiger partial charge < -0.3 is 9.59 Å². The third kappa shape index (κ3) is 11.0. The van der Waals surface area contributed by atoms with E-state index in [1.807, 2.05) is 0 Å². The maximum Gasteiger partial charge on any atom is 0.331 e. The molecule has 20 heavy (non-hydrogen) atoms. The highest BCUT2D eigenvalue weighted by molar-refractivity contribution is 5.85. The van der Waals surface area contributed by atoms with Gasteiger partial charge in [-0.2, -0.15) is 0 Å². The average Bonchev–Trinajstić information content (AvgIpc) is 2.39. The van der Waals surface area contributed by atoms with Crippen molar-refractivity contribution in [2.75, 3.05) is 27.2 Å². The summed E-state index contributed by atoms with van der Waals surface area (Å²) in [5, 5.41) is 8.81. The molecule has 0 saturated carbocycles. The van der Waals surface area contributed by atoms with Gasteiger partial charge in [0.25, 0.3) is 0 Å². The standard InChI is InChI=1S/C17H33NO2/c1-5-6-7-8-9-10-11-12-14-18(3,4)15-13-16(2)17(19)20/h2,5-15H2,1,3-4H3/p+1. The number of hydrogen-bond acceptors (Lipinski definition) is 1. The van der Waals surface area contributed by atoms with Gasteiger partial charge in [-0.15, -0.1) is 0 Å². The summed E-state index contributed by atoms with van der Waals surface area (Å²) in [4.78, 5) is 10.7.